The average Bonchev–Trinajstić information content (AvgIpc) is 3.21. The Balaban J connectivity index is 1.94. The molecule has 0 bridgehead atoms. The van der Waals surface area contributed by atoms with E-state index in [1.165, 1.54) is 30.4 Å². The van der Waals surface area contributed by atoms with Gasteiger partial charge in [0, 0.05) is 6.04 Å². The highest BCUT2D eigenvalue weighted by atomic mass is 16.4. The van der Waals surface area contributed by atoms with E-state index < -0.39 is 11.4 Å². The molecule has 19 heavy (non-hydrogen) atoms. The molecule has 1 atom stereocenters. The summed E-state index contributed by atoms with van der Waals surface area (Å²) in [6, 6.07) is 6.50. The molecule has 1 saturated carbocycles. The molecular formula is C16H21NO2. The molecule has 3 nitrogen and oxygen atoms in total. The van der Waals surface area contributed by atoms with Crippen molar-refractivity contribution in [3.05, 3.63) is 34.9 Å². The van der Waals surface area contributed by atoms with E-state index in [1.54, 1.807) is 0 Å². The third-order valence-corrected chi connectivity index (χ3v) is 4.76. The minimum Gasteiger partial charge on any atom is -0.481 e. The molecule has 0 aromatic heterocycles. The summed E-state index contributed by atoms with van der Waals surface area (Å²) in [4.78, 5) is 11.5. The summed E-state index contributed by atoms with van der Waals surface area (Å²) in [6.45, 7) is 0. The first-order valence-corrected chi connectivity index (χ1v) is 7.20. The van der Waals surface area contributed by atoms with Gasteiger partial charge in [-0.2, -0.15) is 0 Å². The van der Waals surface area contributed by atoms with Crippen molar-refractivity contribution in [3.8, 4) is 0 Å². The minimum atomic E-state index is -0.662. The Morgan fingerprint density at radius 1 is 1.26 bits per heavy atom. The summed E-state index contributed by atoms with van der Waals surface area (Å²) >= 11 is 0. The SMILES string of the molecule is CNC(c1ccc2c(c1)CCCC2)C1(C(=O)O)CC1. The normalized spacial score (nSPS) is 21.5. The second-order valence-electron chi connectivity index (χ2n) is 5.92. The van der Waals surface area contributed by atoms with Crippen LogP contribution >= 0.6 is 0 Å². The Morgan fingerprint density at radius 2 is 1.95 bits per heavy atom. The Kier molecular flexibility index (Phi) is 3.09. The summed E-state index contributed by atoms with van der Waals surface area (Å²) in [5.74, 6) is -0.662. The van der Waals surface area contributed by atoms with Crippen LogP contribution in [-0.2, 0) is 17.6 Å². The van der Waals surface area contributed by atoms with E-state index in [-0.39, 0.29) is 6.04 Å². The Hall–Kier alpha value is -1.35. The zero-order valence-corrected chi connectivity index (χ0v) is 11.4. The van der Waals surface area contributed by atoms with Crippen LogP contribution in [0.5, 0.6) is 0 Å². The van der Waals surface area contributed by atoms with Crippen molar-refractivity contribution in [1.82, 2.24) is 5.32 Å². The maximum atomic E-state index is 11.5. The number of fused-ring (bicyclic) bond motifs is 1. The van der Waals surface area contributed by atoms with Crippen molar-refractivity contribution in [1.29, 1.82) is 0 Å². The summed E-state index contributed by atoms with van der Waals surface area (Å²) < 4.78 is 0. The number of hydrogen-bond donors (Lipinski definition) is 2. The summed E-state index contributed by atoms with van der Waals surface area (Å²) in [6.07, 6.45) is 6.41. The molecule has 0 heterocycles. The lowest BCUT2D eigenvalue weighted by molar-refractivity contribution is -0.144. The Labute approximate surface area is 114 Å². The molecule has 2 aliphatic carbocycles. The molecule has 0 spiro atoms. The fourth-order valence-corrected chi connectivity index (χ4v) is 3.46. The lowest BCUT2D eigenvalue weighted by atomic mass is 9.85. The molecule has 0 radical (unpaired) electrons. The largest absolute Gasteiger partial charge is 0.481 e. The average molecular weight is 259 g/mol. The molecule has 3 heteroatoms. The van der Waals surface area contributed by atoms with E-state index >= 15 is 0 Å². The van der Waals surface area contributed by atoms with Gasteiger partial charge in [-0.1, -0.05) is 18.2 Å². The van der Waals surface area contributed by atoms with Crippen LogP contribution in [0.2, 0.25) is 0 Å². The van der Waals surface area contributed by atoms with Crippen LogP contribution in [0.25, 0.3) is 0 Å². The third kappa shape index (κ3) is 2.06. The van der Waals surface area contributed by atoms with Crippen LogP contribution in [0.3, 0.4) is 0 Å². The summed E-state index contributed by atoms with van der Waals surface area (Å²) in [7, 11) is 1.87. The predicted octanol–water partition coefficient (Wildman–Crippen LogP) is 2.69. The molecule has 0 aliphatic heterocycles. The van der Waals surface area contributed by atoms with E-state index in [0.29, 0.717) is 0 Å². The van der Waals surface area contributed by atoms with E-state index in [4.69, 9.17) is 0 Å². The first-order chi connectivity index (χ1) is 9.17. The summed E-state index contributed by atoms with van der Waals surface area (Å²) in [5, 5.41) is 12.7. The number of nitrogens with one attached hydrogen (secondary N) is 1. The lowest BCUT2D eigenvalue weighted by Crippen LogP contribution is -2.32. The first-order valence-electron chi connectivity index (χ1n) is 7.20. The molecule has 1 unspecified atom stereocenters. The monoisotopic (exact) mass is 259 g/mol. The number of aliphatic carboxylic acids is 1. The molecule has 1 aromatic rings. The van der Waals surface area contributed by atoms with E-state index in [1.807, 2.05) is 7.05 Å². The molecule has 3 rings (SSSR count). The number of carboxylic acid groups (broad SMARTS) is 1. The van der Waals surface area contributed by atoms with Crippen LogP contribution in [0.4, 0.5) is 0 Å². The van der Waals surface area contributed by atoms with Crippen LogP contribution < -0.4 is 5.32 Å². The molecule has 102 valence electrons. The number of carboxylic acids is 1. The molecule has 1 fully saturated rings. The maximum Gasteiger partial charge on any atom is 0.311 e. The smallest absolute Gasteiger partial charge is 0.311 e. The van der Waals surface area contributed by atoms with Crippen LogP contribution in [0.1, 0.15) is 48.4 Å². The molecule has 0 amide bonds. The van der Waals surface area contributed by atoms with Gasteiger partial charge in [-0.15, -0.1) is 0 Å². The van der Waals surface area contributed by atoms with E-state index in [0.717, 1.165) is 24.8 Å². The number of rotatable bonds is 4. The number of aryl methyl sites for hydroxylation is 2. The highest BCUT2D eigenvalue weighted by molar-refractivity contribution is 5.79. The standard InChI is InChI=1S/C16H21NO2/c1-17-14(16(8-9-16)15(18)19)13-7-6-11-4-2-3-5-12(11)10-13/h6-7,10,14,17H,2-5,8-9H2,1H3,(H,18,19). The fourth-order valence-electron chi connectivity index (χ4n) is 3.46. The Morgan fingerprint density at radius 3 is 2.53 bits per heavy atom. The third-order valence-electron chi connectivity index (χ3n) is 4.76. The zero-order valence-electron chi connectivity index (χ0n) is 11.4. The van der Waals surface area contributed by atoms with Gasteiger partial charge in [0.15, 0.2) is 0 Å². The number of benzene rings is 1. The van der Waals surface area contributed by atoms with Crippen molar-refractivity contribution >= 4 is 5.97 Å². The van der Waals surface area contributed by atoms with Crippen molar-refractivity contribution in [2.24, 2.45) is 5.41 Å². The quantitative estimate of drug-likeness (QED) is 0.874. The van der Waals surface area contributed by atoms with Crippen molar-refractivity contribution < 1.29 is 9.90 Å². The molecule has 0 saturated heterocycles. The fraction of sp³-hybridized carbons (Fsp3) is 0.562. The van der Waals surface area contributed by atoms with Crippen LogP contribution in [0.15, 0.2) is 18.2 Å². The van der Waals surface area contributed by atoms with Gasteiger partial charge in [0.2, 0.25) is 0 Å². The van der Waals surface area contributed by atoms with Gasteiger partial charge in [-0.05, 0) is 62.3 Å². The molecule has 2 aliphatic rings. The van der Waals surface area contributed by atoms with Crippen molar-refractivity contribution in [2.75, 3.05) is 7.05 Å². The number of hydrogen-bond acceptors (Lipinski definition) is 2. The highest BCUT2D eigenvalue weighted by Gasteiger charge is 2.56. The highest BCUT2D eigenvalue weighted by Crippen LogP contribution is 2.55. The van der Waals surface area contributed by atoms with Gasteiger partial charge in [-0.25, -0.2) is 0 Å². The van der Waals surface area contributed by atoms with Gasteiger partial charge in [0.25, 0.3) is 0 Å². The Bertz CT molecular complexity index is 505. The van der Waals surface area contributed by atoms with Gasteiger partial charge in [-0.3, -0.25) is 4.79 Å². The molecule has 1 aromatic carbocycles. The van der Waals surface area contributed by atoms with Gasteiger partial charge >= 0.3 is 5.97 Å². The zero-order chi connectivity index (χ0) is 13.5. The predicted molar refractivity (Wildman–Crippen MR) is 74.2 cm³/mol. The molecule has 2 N–H and O–H groups in total. The topological polar surface area (TPSA) is 49.3 Å². The lowest BCUT2D eigenvalue weighted by Gasteiger charge is -2.25. The first kappa shape index (κ1) is 12.7. The number of carbonyl (C=O) groups is 1. The van der Waals surface area contributed by atoms with Crippen LogP contribution in [0, 0.1) is 5.41 Å². The second kappa shape index (κ2) is 4.64. The molecular weight excluding hydrogens is 238 g/mol. The van der Waals surface area contributed by atoms with Gasteiger partial charge in [0.05, 0.1) is 5.41 Å². The van der Waals surface area contributed by atoms with Crippen LogP contribution in [-0.4, -0.2) is 18.1 Å². The maximum absolute atomic E-state index is 11.5. The van der Waals surface area contributed by atoms with Gasteiger partial charge in [0.1, 0.15) is 0 Å². The van der Waals surface area contributed by atoms with Crippen molar-refractivity contribution in [3.63, 3.8) is 0 Å². The van der Waals surface area contributed by atoms with E-state index in [9.17, 15) is 9.90 Å². The van der Waals surface area contributed by atoms with Gasteiger partial charge < -0.3 is 10.4 Å². The minimum absolute atomic E-state index is 0.0581. The second-order valence-corrected chi connectivity index (χ2v) is 5.92. The van der Waals surface area contributed by atoms with Crippen molar-refractivity contribution in [2.45, 2.75) is 44.6 Å². The summed E-state index contributed by atoms with van der Waals surface area (Å²) in [5.41, 5.74) is 3.44. The van der Waals surface area contributed by atoms with E-state index in [2.05, 4.69) is 23.5 Å².